The molecule has 0 saturated carbocycles. The van der Waals surface area contributed by atoms with Crippen molar-refractivity contribution in [2.75, 3.05) is 52.7 Å². The summed E-state index contributed by atoms with van der Waals surface area (Å²) in [7, 11) is 0. The Bertz CT molecular complexity index is 1530. The number of morpholine rings is 1. The lowest BCUT2D eigenvalue weighted by atomic mass is 9.90. The zero-order chi connectivity index (χ0) is 31.0. The lowest BCUT2D eigenvalue weighted by molar-refractivity contribution is -0.142. The van der Waals surface area contributed by atoms with Gasteiger partial charge in [-0.3, -0.25) is 14.5 Å². The van der Waals surface area contributed by atoms with Crippen LogP contribution in [0.2, 0.25) is 0 Å². The summed E-state index contributed by atoms with van der Waals surface area (Å²) in [5.74, 6) is 1.98. The normalized spacial score (nSPS) is 14.4. The number of aryl methyl sites for hydroxylation is 1. The van der Waals surface area contributed by atoms with Crippen LogP contribution in [0.15, 0.2) is 95.4 Å². The second-order valence-corrected chi connectivity index (χ2v) is 11.4. The van der Waals surface area contributed by atoms with E-state index in [0.29, 0.717) is 50.1 Å². The molecular formula is C36H39N3O6. The first-order valence-electron chi connectivity index (χ1n) is 15.4. The van der Waals surface area contributed by atoms with E-state index in [0.717, 1.165) is 35.5 Å². The van der Waals surface area contributed by atoms with Crippen LogP contribution >= 0.6 is 0 Å². The summed E-state index contributed by atoms with van der Waals surface area (Å²) < 4.78 is 22.5. The number of carbonyl (C=O) groups excluding carboxylic acids is 2. The van der Waals surface area contributed by atoms with Gasteiger partial charge in [-0.25, -0.2) is 0 Å². The summed E-state index contributed by atoms with van der Waals surface area (Å²) in [6.45, 7) is 6.57. The zero-order valence-electron chi connectivity index (χ0n) is 25.6. The number of furan rings is 1. The molecule has 1 fully saturated rings. The first kappa shape index (κ1) is 30.4. The Kier molecular flexibility index (Phi) is 9.77. The Hall–Kier alpha value is -4.60. The van der Waals surface area contributed by atoms with Gasteiger partial charge < -0.3 is 28.4 Å². The van der Waals surface area contributed by atoms with E-state index in [1.165, 1.54) is 0 Å². The summed E-state index contributed by atoms with van der Waals surface area (Å²) in [6, 6.07) is 29.0. The van der Waals surface area contributed by atoms with Crippen molar-refractivity contribution in [2.45, 2.75) is 25.9 Å². The molecule has 6 rings (SSSR count). The van der Waals surface area contributed by atoms with Crippen LogP contribution in [0.4, 0.5) is 0 Å². The summed E-state index contributed by atoms with van der Waals surface area (Å²) in [4.78, 5) is 34.6. The third-order valence-corrected chi connectivity index (χ3v) is 8.25. The van der Waals surface area contributed by atoms with E-state index in [2.05, 4.69) is 4.90 Å². The third kappa shape index (κ3) is 7.74. The van der Waals surface area contributed by atoms with Crippen molar-refractivity contribution in [3.8, 4) is 11.5 Å². The highest BCUT2D eigenvalue weighted by Gasteiger charge is 2.31. The zero-order valence-corrected chi connectivity index (χ0v) is 25.6. The van der Waals surface area contributed by atoms with Crippen LogP contribution < -0.4 is 9.47 Å². The van der Waals surface area contributed by atoms with Gasteiger partial charge in [-0.1, -0.05) is 66.7 Å². The van der Waals surface area contributed by atoms with Crippen LogP contribution in [0.25, 0.3) is 0 Å². The molecule has 3 aromatic carbocycles. The molecule has 2 amide bonds. The second kappa shape index (κ2) is 14.5. The molecule has 0 unspecified atom stereocenters. The molecular weight excluding hydrogens is 570 g/mol. The van der Waals surface area contributed by atoms with Gasteiger partial charge in [0, 0.05) is 32.7 Å². The summed E-state index contributed by atoms with van der Waals surface area (Å²) in [5, 5.41) is 0. The Balaban J connectivity index is 1.28. The highest BCUT2D eigenvalue weighted by Crippen LogP contribution is 2.33. The van der Waals surface area contributed by atoms with E-state index >= 15 is 0 Å². The molecule has 9 heteroatoms. The fourth-order valence-electron chi connectivity index (χ4n) is 5.82. The van der Waals surface area contributed by atoms with Crippen molar-refractivity contribution < 1.29 is 28.2 Å². The Labute approximate surface area is 263 Å². The molecule has 3 heterocycles. The Morgan fingerprint density at radius 2 is 1.49 bits per heavy atom. The number of benzene rings is 3. The molecule has 1 saturated heterocycles. The molecule has 234 valence electrons. The molecule has 9 nitrogen and oxygen atoms in total. The van der Waals surface area contributed by atoms with E-state index in [1.807, 2.05) is 97.9 Å². The maximum Gasteiger partial charge on any atom is 0.242 e. The third-order valence-electron chi connectivity index (χ3n) is 8.25. The van der Waals surface area contributed by atoms with Crippen LogP contribution in [0.5, 0.6) is 11.5 Å². The lowest BCUT2D eigenvalue weighted by Gasteiger charge is -2.33. The van der Waals surface area contributed by atoms with Gasteiger partial charge in [0.05, 0.1) is 32.2 Å². The quantitative estimate of drug-likeness (QED) is 0.227. The molecule has 45 heavy (non-hydrogen) atoms. The van der Waals surface area contributed by atoms with Crippen LogP contribution in [0.3, 0.4) is 0 Å². The molecule has 4 aromatic rings. The van der Waals surface area contributed by atoms with Gasteiger partial charge in [0.2, 0.25) is 18.6 Å². The van der Waals surface area contributed by atoms with Gasteiger partial charge in [0.15, 0.2) is 11.5 Å². The highest BCUT2D eigenvalue weighted by molar-refractivity contribution is 5.91. The minimum absolute atomic E-state index is 0.0659. The van der Waals surface area contributed by atoms with E-state index in [1.54, 1.807) is 9.80 Å². The first-order chi connectivity index (χ1) is 22.0. The molecule has 0 radical (unpaired) electrons. The van der Waals surface area contributed by atoms with Gasteiger partial charge in [0.1, 0.15) is 11.5 Å². The van der Waals surface area contributed by atoms with Gasteiger partial charge in [0.25, 0.3) is 0 Å². The molecule has 1 aromatic heterocycles. The van der Waals surface area contributed by atoms with Gasteiger partial charge in [-0.15, -0.1) is 0 Å². The number of amides is 2. The number of nitrogens with zero attached hydrogens (tertiary/aromatic N) is 3. The average Bonchev–Trinajstić information content (AvgIpc) is 3.72. The van der Waals surface area contributed by atoms with Crippen molar-refractivity contribution in [1.29, 1.82) is 0 Å². The van der Waals surface area contributed by atoms with E-state index in [4.69, 9.17) is 18.6 Å². The predicted molar refractivity (Wildman–Crippen MR) is 169 cm³/mol. The highest BCUT2D eigenvalue weighted by atomic mass is 16.7. The first-order valence-corrected chi connectivity index (χ1v) is 15.4. The number of hydrogen-bond acceptors (Lipinski definition) is 7. The summed E-state index contributed by atoms with van der Waals surface area (Å²) in [6.07, 6.45) is 0. The van der Waals surface area contributed by atoms with Crippen LogP contribution in [0.1, 0.15) is 34.1 Å². The van der Waals surface area contributed by atoms with E-state index in [9.17, 15) is 9.59 Å². The second-order valence-electron chi connectivity index (χ2n) is 11.4. The van der Waals surface area contributed by atoms with Crippen molar-refractivity contribution in [1.82, 2.24) is 14.7 Å². The maximum atomic E-state index is 14.6. The van der Waals surface area contributed by atoms with Crippen molar-refractivity contribution in [2.24, 2.45) is 0 Å². The van der Waals surface area contributed by atoms with E-state index < -0.39 is 5.92 Å². The maximum absolute atomic E-state index is 14.6. The topological polar surface area (TPSA) is 84.7 Å². The Morgan fingerprint density at radius 3 is 2.16 bits per heavy atom. The molecule has 2 aliphatic heterocycles. The molecule has 0 bridgehead atoms. The average molecular weight is 610 g/mol. The fourth-order valence-corrected chi connectivity index (χ4v) is 5.82. The number of hydrogen-bond donors (Lipinski definition) is 0. The number of fused-ring (bicyclic) bond motifs is 1. The lowest BCUT2D eigenvalue weighted by Crippen LogP contribution is -2.48. The van der Waals surface area contributed by atoms with E-state index in [-0.39, 0.29) is 31.7 Å². The monoisotopic (exact) mass is 609 g/mol. The molecule has 0 spiro atoms. The fraction of sp³-hybridized carbons (Fsp3) is 0.333. The minimum Gasteiger partial charge on any atom is -0.464 e. The van der Waals surface area contributed by atoms with Gasteiger partial charge in [-0.2, -0.15) is 0 Å². The molecule has 2 aliphatic rings. The summed E-state index contributed by atoms with van der Waals surface area (Å²) in [5.41, 5.74) is 2.68. The largest absolute Gasteiger partial charge is 0.464 e. The van der Waals surface area contributed by atoms with Crippen LogP contribution in [-0.4, -0.2) is 79.2 Å². The van der Waals surface area contributed by atoms with Crippen LogP contribution in [0, 0.1) is 6.92 Å². The Morgan fingerprint density at radius 1 is 0.800 bits per heavy atom. The van der Waals surface area contributed by atoms with Gasteiger partial charge in [-0.05, 0) is 47.9 Å². The molecule has 0 aliphatic carbocycles. The number of rotatable bonds is 12. The van der Waals surface area contributed by atoms with Crippen LogP contribution in [-0.2, 0) is 27.4 Å². The van der Waals surface area contributed by atoms with Crippen molar-refractivity contribution >= 4 is 11.8 Å². The molecule has 0 N–H and O–H groups in total. The summed E-state index contributed by atoms with van der Waals surface area (Å²) >= 11 is 0. The standard InChI is InChI=1S/C36H39N3O6/c1-27-12-14-31(45-27)24-39(23-28-13-15-32-33(22-28)44-26-43-32)34(40)25-38(17-16-37-18-20-42-21-19-37)36(41)35(29-8-4-2-5-9-29)30-10-6-3-7-11-30/h2-15,22,35H,16-21,23-26H2,1H3. The van der Waals surface area contributed by atoms with Crippen molar-refractivity contribution in [3.63, 3.8) is 0 Å². The minimum atomic E-state index is -0.542. The molecule has 0 atom stereocenters. The van der Waals surface area contributed by atoms with Gasteiger partial charge >= 0.3 is 0 Å². The van der Waals surface area contributed by atoms with Crippen molar-refractivity contribution in [3.05, 3.63) is 119 Å². The SMILES string of the molecule is Cc1ccc(CN(Cc2ccc3c(c2)OCO3)C(=O)CN(CCN2CCOCC2)C(=O)C(c2ccccc2)c2ccccc2)o1. The number of carbonyl (C=O) groups is 2. The predicted octanol–water partition coefficient (Wildman–Crippen LogP) is 4.84. The smallest absolute Gasteiger partial charge is 0.242 e. The number of ether oxygens (including phenoxy) is 3.